The SMILES string of the molecule is COc1c(C)cc(Br)c(C)c1C(N)Cc1ccc(Br)cc1. The van der Waals surface area contributed by atoms with Crippen molar-refractivity contribution in [3.05, 3.63) is 61.5 Å². The molecule has 0 radical (unpaired) electrons. The van der Waals surface area contributed by atoms with Gasteiger partial charge in [0.25, 0.3) is 0 Å². The third-order valence-electron chi connectivity index (χ3n) is 3.65. The summed E-state index contributed by atoms with van der Waals surface area (Å²) in [5.41, 5.74) is 11.0. The molecule has 2 aromatic rings. The molecule has 0 bridgehead atoms. The fourth-order valence-electron chi connectivity index (χ4n) is 2.57. The van der Waals surface area contributed by atoms with Crippen LogP contribution in [0.4, 0.5) is 0 Å². The number of ether oxygens (including phenoxy) is 1. The minimum absolute atomic E-state index is 0.0997. The predicted octanol–water partition coefficient (Wildman–Crippen LogP) is 5.08. The molecule has 1 atom stereocenters. The molecule has 0 aliphatic heterocycles. The van der Waals surface area contributed by atoms with Crippen LogP contribution in [-0.4, -0.2) is 7.11 Å². The second-order valence-electron chi connectivity index (χ2n) is 5.18. The Kier molecular flexibility index (Phi) is 5.47. The van der Waals surface area contributed by atoms with E-state index in [-0.39, 0.29) is 6.04 Å². The van der Waals surface area contributed by atoms with Gasteiger partial charge in [0.15, 0.2) is 0 Å². The summed E-state index contributed by atoms with van der Waals surface area (Å²) in [5.74, 6) is 0.889. The van der Waals surface area contributed by atoms with Crippen molar-refractivity contribution in [1.29, 1.82) is 0 Å². The van der Waals surface area contributed by atoms with E-state index in [2.05, 4.69) is 57.0 Å². The van der Waals surface area contributed by atoms with Crippen LogP contribution in [0, 0.1) is 13.8 Å². The molecule has 0 saturated carbocycles. The molecule has 0 spiro atoms. The van der Waals surface area contributed by atoms with Gasteiger partial charge >= 0.3 is 0 Å². The maximum absolute atomic E-state index is 6.47. The number of benzene rings is 2. The lowest BCUT2D eigenvalue weighted by molar-refractivity contribution is 0.401. The molecular formula is C17H19Br2NO. The molecule has 2 nitrogen and oxygen atoms in total. The number of aryl methyl sites for hydroxylation is 1. The van der Waals surface area contributed by atoms with Crippen molar-refractivity contribution in [2.24, 2.45) is 5.73 Å². The first-order valence-corrected chi connectivity index (χ1v) is 8.36. The van der Waals surface area contributed by atoms with Gasteiger partial charge in [-0.3, -0.25) is 0 Å². The van der Waals surface area contributed by atoms with E-state index in [9.17, 15) is 0 Å². The summed E-state index contributed by atoms with van der Waals surface area (Å²) in [6, 6.07) is 10.2. The summed E-state index contributed by atoms with van der Waals surface area (Å²) in [7, 11) is 1.70. The van der Waals surface area contributed by atoms with E-state index in [4.69, 9.17) is 10.5 Å². The topological polar surface area (TPSA) is 35.2 Å². The average molecular weight is 413 g/mol. The van der Waals surface area contributed by atoms with Crippen LogP contribution < -0.4 is 10.5 Å². The second-order valence-corrected chi connectivity index (χ2v) is 6.95. The van der Waals surface area contributed by atoms with Gasteiger partial charge in [0.1, 0.15) is 5.75 Å². The highest BCUT2D eigenvalue weighted by atomic mass is 79.9. The molecule has 0 aromatic heterocycles. The van der Waals surface area contributed by atoms with E-state index in [0.717, 1.165) is 37.8 Å². The number of nitrogens with two attached hydrogens (primary N) is 1. The van der Waals surface area contributed by atoms with Crippen LogP contribution in [0.2, 0.25) is 0 Å². The summed E-state index contributed by atoms with van der Waals surface area (Å²) in [6.07, 6.45) is 0.778. The molecule has 2 rings (SSSR count). The molecule has 21 heavy (non-hydrogen) atoms. The number of rotatable bonds is 4. The Bertz CT molecular complexity index is 638. The maximum atomic E-state index is 6.47. The molecule has 4 heteroatoms. The van der Waals surface area contributed by atoms with Gasteiger partial charge in [-0.15, -0.1) is 0 Å². The van der Waals surface area contributed by atoms with Gasteiger partial charge in [0.05, 0.1) is 7.11 Å². The van der Waals surface area contributed by atoms with Gasteiger partial charge in [0.2, 0.25) is 0 Å². The first-order chi connectivity index (χ1) is 9.93. The Morgan fingerprint density at radius 1 is 1.14 bits per heavy atom. The van der Waals surface area contributed by atoms with Crippen molar-refractivity contribution in [2.75, 3.05) is 7.11 Å². The van der Waals surface area contributed by atoms with E-state index in [1.165, 1.54) is 5.56 Å². The molecule has 112 valence electrons. The van der Waals surface area contributed by atoms with Gasteiger partial charge in [-0.2, -0.15) is 0 Å². The lowest BCUT2D eigenvalue weighted by atomic mass is 9.93. The van der Waals surface area contributed by atoms with Crippen molar-refractivity contribution in [3.8, 4) is 5.75 Å². The molecular weight excluding hydrogens is 394 g/mol. The molecule has 2 aromatic carbocycles. The van der Waals surface area contributed by atoms with E-state index in [0.29, 0.717) is 0 Å². The quantitative estimate of drug-likeness (QED) is 0.759. The summed E-state index contributed by atoms with van der Waals surface area (Å²) in [6.45, 7) is 4.11. The highest BCUT2D eigenvalue weighted by molar-refractivity contribution is 9.10. The summed E-state index contributed by atoms with van der Waals surface area (Å²) >= 11 is 7.06. The highest BCUT2D eigenvalue weighted by Crippen LogP contribution is 2.36. The third kappa shape index (κ3) is 3.68. The van der Waals surface area contributed by atoms with Gasteiger partial charge in [-0.25, -0.2) is 0 Å². The molecule has 1 unspecified atom stereocenters. The lowest BCUT2D eigenvalue weighted by Crippen LogP contribution is -2.16. The van der Waals surface area contributed by atoms with Crippen LogP contribution in [0.3, 0.4) is 0 Å². The van der Waals surface area contributed by atoms with Crippen molar-refractivity contribution >= 4 is 31.9 Å². The Morgan fingerprint density at radius 3 is 2.33 bits per heavy atom. The number of hydrogen-bond donors (Lipinski definition) is 1. The fraction of sp³-hybridized carbons (Fsp3) is 0.294. The van der Waals surface area contributed by atoms with Gasteiger partial charge < -0.3 is 10.5 Å². The first-order valence-electron chi connectivity index (χ1n) is 6.77. The van der Waals surface area contributed by atoms with Crippen molar-refractivity contribution in [1.82, 2.24) is 0 Å². The Morgan fingerprint density at radius 2 is 1.76 bits per heavy atom. The molecule has 2 N–H and O–H groups in total. The maximum Gasteiger partial charge on any atom is 0.126 e. The van der Waals surface area contributed by atoms with Crippen LogP contribution in [-0.2, 0) is 6.42 Å². The molecule has 0 fully saturated rings. The number of methoxy groups -OCH3 is 1. The number of halogens is 2. The van der Waals surface area contributed by atoms with Crippen LogP contribution >= 0.6 is 31.9 Å². The zero-order valence-electron chi connectivity index (χ0n) is 12.4. The van der Waals surface area contributed by atoms with E-state index in [1.807, 2.05) is 19.1 Å². The molecule has 0 heterocycles. The zero-order valence-corrected chi connectivity index (χ0v) is 15.6. The molecule has 0 aliphatic carbocycles. The average Bonchev–Trinajstić information content (AvgIpc) is 2.44. The highest BCUT2D eigenvalue weighted by Gasteiger charge is 2.19. The van der Waals surface area contributed by atoms with E-state index in [1.54, 1.807) is 7.11 Å². The third-order valence-corrected chi connectivity index (χ3v) is 5.00. The first kappa shape index (κ1) is 16.5. The normalized spacial score (nSPS) is 12.3. The minimum Gasteiger partial charge on any atom is -0.496 e. The molecule has 0 amide bonds. The Hall–Kier alpha value is -0.840. The lowest BCUT2D eigenvalue weighted by Gasteiger charge is -2.21. The smallest absolute Gasteiger partial charge is 0.126 e. The summed E-state index contributed by atoms with van der Waals surface area (Å²) in [4.78, 5) is 0. The number of hydrogen-bond acceptors (Lipinski definition) is 2. The van der Waals surface area contributed by atoms with E-state index < -0.39 is 0 Å². The van der Waals surface area contributed by atoms with Crippen LogP contribution in [0.5, 0.6) is 5.75 Å². The van der Waals surface area contributed by atoms with Crippen LogP contribution in [0.15, 0.2) is 39.3 Å². The standard InChI is InChI=1S/C17H19Br2NO/c1-10-8-14(19)11(2)16(17(10)21-3)15(20)9-12-4-6-13(18)7-5-12/h4-8,15H,9,20H2,1-3H3. The fourth-order valence-corrected chi connectivity index (χ4v) is 3.39. The summed E-state index contributed by atoms with van der Waals surface area (Å²) < 4.78 is 7.73. The minimum atomic E-state index is -0.0997. The molecule has 0 aliphatic rings. The van der Waals surface area contributed by atoms with Gasteiger partial charge in [-0.1, -0.05) is 44.0 Å². The zero-order chi connectivity index (χ0) is 15.6. The predicted molar refractivity (Wildman–Crippen MR) is 94.9 cm³/mol. The summed E-state index contributed by atoms with van der Waals surface area (Å²) in [5, 5.41) is 0. The largest absolute Gasteiger partial charge is 0.496 e. The van der Waals surface area contributed by atoms with Crippen LogP contribution in [0.25, 0.3) is 0 Å². The Labute approximate surface area is 143 Å². The second kappa shape index (κ2) is 6.95. The van der Waals surface area contributed by atoms with Gasteiger partial charge in [0, 0.05) is 20.6 Å². The van der Waals surface area contributed by atoms with E-state index >= 15 is 0 Å². The van der Waals surface area contributed by atoms with Crippen molar-refractivity contribution < 1.29 is 4.74 Å². The molecule has 0 saturated heterocycles. The Balaban J connectivity index is 2.38. The van der Waals surface area contributed by atoms with Crippen LogP contribution in [0.1, 0.15) is 28.3 Å². The van der Waals surface area contributed by atoms with Gasteiger partial charge in [-0.05, 0) is 55.2 Å². The van der Waals surface area contributed by atoms with Crippen molar-refractivity contribution in [3.63, 3.8) is 0 Å². The monoisotopic (exact) mass is 411 g/mol. The van der Waals surface area contributed by atoms with Crippen molar-refractivity contribution in [2.45, 2.75) is 26.3 Å².